The summed E-state index contributed by atoms with van der Waals surface area (Å²) in [6, 6.07) is 7.38. The van der Waals surface area contributed by atoms with Crippen LogP contribution in [0, 0.1) is 6.92 Å². The third-order valence-corrected chi connectivity index (χ3v) is 3.23. The van der Waals surface area contributed by atoms with Gasteiger partial charge in [-0.05, 0) is 24.6 Å². The molecule has 2 rings (SSSR count). The molecule has 0 atom stereocenters. The zero-order valence-electron chi connectivity index (χ0n) is 11.4. The predicted octanol–water partition coefficient (Wildman–Crippen LogP) is 2.71. The Morgan fingerprint density at radius 1 is 1.45 bits per heavy atom. The van der Waals surface area contributed by atoms with Gasteiger partial charge in [0.05, 0.1) is 5.69 Å². The van der Waals surface area contributed by atoms with E-state index in [0.29, 0.717) is 11.6 Å². The average Bonchev–Trinajstić information content (AvgIpc) is 2.74. The normalized spacial score (nSPS) is 10.9. The van der Waals surface area contributed by atoms with E-state index in [1.807, 2.05) is 38.4 Å². The molecule has 104 valence electrons. The van der Waals surface area contributed by atoms with Crippen molar-refractivity contribution in [3.63, 3.8) is 0 Å². The molecule has 0 aliphatic rings. The highest BCUT2D eigenvalue weighted by molar-refractivity contribution is 6.32. The van der Waals surface area contributed by atoms with Gasteiger partial charge in [-0.15, -0.1) is 0 Å². The lowest BCUT2D eigenvalue weighted by Crippen LogP contribution is -2.20. The Bertz CT molecular complexity index is 646. The maximum Gasteiger partial charge on any atom is 0.244 e. The number of aromatic nitrogens is 2. The van der Waals surface area contributed by atoms with E-state index in [0.717, 1.165) is 16.8 Å². The van der Waals surface area contributed by atoms with Crippen molar-refractivity contribution in [3.05, 3.63) is 58.4 Å². The van der Waals surface area contributed by atoms with Gasteiger partial charge in [0.2, 0.25) is 5.91 Å². The van der Waals surface area contributed by atoms with Crippen molar-refractivity contribution >= 4 is 23.6 Å². The molecule has 0 saturated heterocycles. The quantitative estimate of drug-likeness (QED) is 0.880. The number of hydrogen-bond donors (Lipinski definition) is 1. The van der Waals surface area contributed by atoms with Crippen molar-refractivity contribution in [2.75, 3.05) is 0 Å². The molecule has 0 spiro atoms. The van der Waals surface area contributed by atoms with Crippen molar-refractivity contribution in [2.45, 2.75) is 13.5 Å². The molecule has 1 aromatic heterocycles. The summed E-state index contributed by atoms with van der Waals surface area (Å²) < 4.78 is 1.73. The second-order valence-electron chi connectivity index (χ2n) is 4.49. The van der Waals surface area contributed by atoms with E-state index in [9.17, 15) is 4.79 Å². The zero-order chi connectivity index (χ0) is 14.5. The molecule has 0 fully saturated rings. The van der Waals surface area contributed by atoms with Gasteiger partial charge in [-0.3, -0.25) is 9.48 Å². The first kappa shape index (κ1) is 14.3. The molecule has 1 N–H and O–H groups in total. The molecule has 0 unspecified atom stereocenters. The van der Waals surface area contributed by atoms with E-state index in [1.54, 1.807) is 16.8 Å². The summed E-state index contributed by atoms with van der Waals surface area (Å²) in [4.78, 5) is 11.8. The summed E-state index contributed by atoms with van der Waals surface area (Å²) in [6.45, 7) is 2.38. The first-order chi connectivity index (χ1) is 9.56. The van der Waals surface area contributed by atoms with Gasteiger partial charge < -0.3 is 5.32 Å². The second-order valence-corrected chi connectivity index (χ2v) is 4.89. The number of aryl methyl sites for hydroxylation is 2. The summed E-state index contributed by atoms with van der Waals surface area (Å²) in [6.07, 6.45) is 5.08. The Balaban J connectivity index is 1.93. The van der Waals surface area contributed by atoms with Crippen molar-refractivity contribution < 1.29 is 4.79 Å². The summed E-state index contributed by atoms with van der Waals surface area (Å²) in [5.41, 5.74) is 2.75. The van der Waals surface area contributed by atoms with Crippen LogP contribution in [0.5, 0.6) is 0 Å². The summed E-state index contributed by atoms with van der Waals surface area (Å²) in [5, 5.41) is 7.67. The summed E-state index contributed by atoms with van der Waals surface area (Å²) in [5.74, 6) is -0.159. The van der Waals surface area contributed by atoms with Gasteiger partial charge in [-0.2, -0.15) is 5.10 Å². The number of carbonyl (C=O) groups is 1. The number of nitrogens with zero attached hydrogens (tertiary/aromatic N) is 2. The largest absolute Gasteiger partial charge is 0.348 e. The van der Waals surface area contributed by atoms with E-state index in [1.165, 1.54) is 6.08 Å². The minimum atomic E-state index is -0.159. The molecule has 1 heterocycles. The van der Waals surface area contributed by atoms with Gasteiger partial charge in [-0.1, -0.05) is 29.8 Å². The molecule has 0 aliphatic carbocycles. The number of amides is 1. The third kappa shape index (κ3) is 3.71. The fourth-order valence-electron chi connectivity index (χ4n) is 1.84. The van der Waals surface area contributed by atoms with Crippen LogP contribution in [-0.4, -0.2) is 15.7 Å². The van der Waals surface area contributed by atoms with E-state index < -0.39 is 0 Å². The first-order valence-electron chi connectivity index (χ1n) is 6.26. The third-order valence-electron chi connectivity index (χ3n) is 2.89. The minimum absolute atomic E-state index is 0.159. The lowest BCUT2D eigenvalue weighted by atomic mass is 10.2. The fourth-order valence-corrected chi connectivity index (χ4v) is 2.04. The van der Waals surface area contributed by atoms with Gasteiger partial charge >= 0.3 is 0 Å². The monoisotopic (exact) mass is 289 g/mol. The molecule has 4 nitrogen and oxygen atoms in total. The number of hydrogen-bond acceptors (Lipinski definition) is 2. The van der Waals surface area contributed by atoms with Gasteiger partial charge in [0, 0.05) is 36.5 Å². The number of benzene rings is 1. The number of nitrogens with one attached hydrogen (secondary N) is 1. The highest BCUT2D eigenvalue weighted by Gasteiger charge is 2.04. The number of carbonyl (C=O) groups excluding carboxylic acids is 1. The van der Waals surface area contributed by atoms with Crippen molar-refractivity contribution in [2.24, 2.45) is 7.05 Å². The van der Waals surface area contributed by atoms with Crippen LogP contribution in [0.15, 0.2) is 36.5 Å². The Morgan fingerprint density at radius 2 is 2.20 bits per heavy atom. The smallest absolute Gasteiger partial charge is 0.244 e. The van der Waals surface area contributed by atoms with Crippen LogP contribution in [0.4, 0.5) is 0 Å². The molecule has 1 aromatic carbocycles. The molecule has 1 amide bonds. The van der Waals surface area contributed by atoms with E-state index in [-0.39, 0.29) is 5.91 Å². The molecule has 0 aliphatic heterocycles. The van der Waals surface area contributed by atoms with E-state index in [2.05, 4.69) is 10.4 Å². The zero-order valence-corrected chi connectivity index (χ0v) is 12.2. The van der Waals surface area contributed by atoms with Gasteiger partial charge in [0.1, 0.15) is 0 Å². The van der Waals surface area contributed by atoms with E-state index >= 15 is 0 Å². The summed E-state index contributed by atoms with van der Waals surface area (Å²) in [7, 11) is 1.86. The lowest BCUT2D eigenvalue weighted by molar-refractivity contribution is -0.116. The summed E-state index contributed by atoms with van der Waals surface area (Å²) >= 11 is 6.01. The fraction of sp³-hybridized carbons (Fsp3) is 0.200. The maximum atomic E-state index is 11.8. The van der Waals surface area contributed by atoms with Crippen molar-refractivity contribution in [1.82, 2.24) is 15.1 Å². The van der Waals surface area contributed by atoms with Crippen LogP contribution in [-0.2, 0) is 18.4 Å². The van der Waals surface area contributed by atoms with Crippen molar-refractivity contribution in [3.8, 4) is 0 Å². The lowest BCUT2D eigenvalue weighted by Gasteiger charge is -2.01. The number of halogens is 1. The second kappa shape index (κ2) is 6.39. The Labute approximate surface area is 123 Å². The maximum absolute atomic E-state index is 11.8. The van der Waals surface area contributed by atoms with Crippen LogP contribution in [0.2, 0.25) is 5.02 Å². The molecule has 5 heteroatoms. The molecular weight excluding hydrogens is 274 g/mol. The van der Waals surface area contributed by atoms with Crippen LogP contribution in [0.3, 0.4) is 0 Å². The standard InChI is InChI=1S/C15H16ClN3O/c1-11-13(10-19(2)18-11)9-17-15(20)8-7-12-5-3-4-6-14(12)16/h3-8,10H,9H2,1-2H3,(H,17,20)/b8-7+. The Morgan fingerprint density at radius 3 is 2.85 bits per heavy atom. The van der Waals surface area contributed by atoms with Crippen LogP contribution in [0.25, 0.3) is 6.08 Å². The van der Waals surface area contributed by atoms with Crippen LogP contribution >= 0.6 is 11.6 Å². The van der Waals surface area contributed by atoms with Crippen LogP contribution < -0.4 is 5.32 Å². The Hall–Kier alpha value is -2.07. The SMILES string of the molecule is Cc1nn(C)cc1CNC(=O)/C=C/c1ccccc1Cl. The molecule has 20 heavy (non-hydrogen) atoms. The minimum Gasteiger partial charge on any atom is -0.348 e. The van der Waals surface area contributed by atoms with Gasteiger partial charge in [-0.25, -0.2) is 0 Å². The highest BCUT2D eigenvalue weighted by Crippen LogP contribution is 2.16. The molecule has 0 radical (unpaired) electrons. The first-order valence-corrected chi connectivity index (χ1v) is 6.63. The molecular formula is C15H16ClN3O. The van der Waals surface area contributed by atoms with E-state index in [4.69, 9.17) is 11.6 Å². The van der Waals surface area contributed by atoms with Crippen LogP contribution in [0.1, 0.15) is 16.8 Å². The van der Waals surface area contributed by atoms with Gasteiger partial charge in [0.15, 0.2) is 0 Å². The Kier molecular flexibility index (Phi) is 4.58. The molecule has 0 saturated carbocycles. The average molecular weight is 290 g/mol. The predicted molar refractivity (Wildman–Crippen MR) is 80.3 cm³/mol. The number of rotatable bonds is 4. The van der Waals surface area contributed by atoms with Crippen molar-refractivity contribution in [1.29, 1.82) is 0 Å². The topological polar surface area (TPSA) is 46.9 Å². The molecule has 0 bridgehead atoms. The highest BCUT2D eigenvalue weighted by atomic mass is 35.5. The molecule has 2 aromatic rings. The van der Waals surface area contributed by atoms with Gasteiger partial charge in [0.25, 0.3) is 0 Å².